The van der Waals surface area contributed by atoms with E-state index in [1.165, 1.54) is 18.5 Å². The van der Waals surface area contributed by atoms with Crippen LogP contribution >= 0.6 is 11.6 Å². The van der Waals surface area contributed by atoms with Crippen LogP contribution in [0, 0.1) is 0 Å². The number of halogens is 1. The Morgan fingerprint density at radius 3 is 2.42 bits per heavy atom. The van der Waals surface area contributed by atoms with Crippen LogP contribution in [0.3, 0.4) is 0 Å². The van der Waals surface area contributed by atoms with Crippen molar-refractivity contribution in [3.8, 4) is 0 Å². The molecule has 0 radical (unpaired) electrons. The van der Waals surface area contributed by atoms with Crippen molar-refractivity contribution in [2.24, 2.45) is 0 Å². The third-order valence-electron chi connectivity index (χ3n) is 2.36. The lowest BCUT2D eigenvalue weighted by molar-refractivity contribution is 0.602. The molecule has 1 heterocycles. The summed E-state index contributed by atoms with van der Waals surface area (Å²) in [5.74, 6) is 0.535. The van der Waals surface area contributed by atoms with Crippen LogP contribution in [0.1, 0.15) is 0 Å². The Kier molecular flexibility index (Phi) is 3.59. The fourth-order valence-electron chi connectivity index (χ4n) is 1.39. The van der Waals surface area contributed by atoms with Crippen molar-refractivity contribution in [1.29, 1.82) is 0 Å². The predicted molar refractivity (Wildman–Crippen MR) is 74.3 cm³/mol. The number of hydrogen-bond donors (Lipinski definition) is 2. The van der Waals surface area contributed by atoms with Crippen LogP contribution in [0.15, 0.2) is 35.5 Å². The minimum atomic E-state index is -3.21. The van der Waals surface area contributed by atoms with Gasteiger partial charge >= 0.3 is 0 Å². The highest BCUT2D eigenvalue weighted by Crippen LogP contribution is 2.26. The van der Waals surface area contributed by atoms with E-state index < -0.39 is 9.84 Å². The van der Waals surface area contributed by atoms with Gasteiger partial charge in [-0.05, 0) is 24.3 Å². The first-order valence-electron chi connectivity index (χ1n) is 5.21. The van der Waals surface area contributed by atoms with E-state index in [1.54, 1.807) is 12.1 Å². The highest BCUT2D eigenvalue weighted by molar-refractivity contribution is 7.90. The van der Waals surface area contributed by atoms with Crippen LogP contribution in [0.25, 0.3) is 0 Å². The second kappa shape index (κ2) is 5.02. The van der Waals surface area contributed by atoms with Gasteiger partial charge in [0.15, 0.2) is 15.7 Å². The summed E-state index contributed by atoms with van der Waals surface area (Å²) >= 11 is 5.94. The van der Waals surface area contributed by atoms with Crippen molar-refractivity contribution in [2.45, 2.75) is 4.90 Å². The molecule has 0 atom stereocenters. The molecule has 3 N–H and O–H groups in total. The van der Waals surface area contributed by atoms with Crippen LogP contribution < -0.4 is 11.1 Å². The number of nitrogens with one attached hydrogen (secondary N) is 1. The fourth-order valence-corrected chi connectivity index (χ4v) is 2.17. The molecule has 0 bridgehead atoms. The summed E-state index contributed by atoms with van der Waals surface area (Å²) < 4.78 is 22.6. The number of rotatable bonds is 3. The SMILES string of the molecule is CS(=O)(=O)c1ccc(Nc2ncnc(N)c2Cl)cc1. The quantitative estimate of drug-likeness (QED) is 0.897. The molecule has 0 saturated heterocycles. The first-order valence-corrected chi connectivity index (χ1v) is 7.48. The minimum absolute atomic E-state index is 0.173. The molecule has 0 fully saturated rings. The molecule has 0 saturated carbocycles. The number of benzene rings is 1. The maximum atomic E-state index is 11.3. The van der Waals surface area contributed by atoms with Crippen LogP contribution in [-0.2, 0) is 9.84 Å². The molecular weight excluding hydrogens is 288 g/mol. The highest BCUT2D eigenvalue weighted by Gasteiger charge is 2.09. The van der Waals surface area contributed by atoms with Crippen LogP contribution in [0.2, 0.25) is 5.02 Å². The topological polar surface area (TPSA) is 98.0 Å². The number of anilines is 3. The van der Waals surface area contributed by atoms with Gasteiger partial charge in [-0.1, -0.05) is 11.6 Å². The van der Waals surface area contributed by atoms with Gasteiger partial charge in [-0.3, -0.25) is 0 Å². The van der Waals surface area contributed by atoms with Gasteiger partial charge in [0.25, 0.3) is 0 Å². The standard InChI is InChI=1S/C11H11ClN4O2S/c1-19(17,18)8-4-2-7(3-5-8)16-11-9(12)10(13)14-6-15-11/h2-6H,1H3,(H3,13,14,15,16). The van der Waals surface area contributed by atoms with Gasteiger partial charge in [-0.15, -0.1) is 0 Å². The van der Waals surface area contributed by atoms with Crippen molar-refractivity contribution in [2.75, 3.05) is 17.3 Å². The summed E-state index contributed by atoms with van der Waals surface area (Å²) in [5.41, 5.74) is 6.20. The molecule has 1 aromatic carbocycles. The van der Waals surface area contributed by atoms with Crippen molar-refractivity contribution >= 4 is 38.8 Å². The lowest BCUT2D eigenvalue weighted by Crippen LogP contribution is -2.00. The van der Waals surface area contributed by atoms with Gasteiger partial charge in [0.1, 0.15) is 17.2 Å². The van der Waals surface area contributed by atoms with E-state index in [-0.39, 0.29) is 15.7 Å². The zero-order chi connectivity index (χ0) is 14.0. The Morgan fingerprint density at radius 2 is 1.84 bits per heavy atom. The third kappa shape index (κ3) is 3.12. The molecule has 0 aliphatic rings. The normalized spacial score (nSPS) is 11.3. The summed E-state index contributed by atoms with van der Waals surface area (Å²) in [4.78, 5) is 7.94. The molecule has 100 valence electrons. The molecule has 0 spiro atoms. The Hall–Kier alpha value is -1.86. The van der Waals surface area contributed by atoms with Gasteiger partial charge in [-0.2, -0.15) is 0 Å². The molecule has 0 amide bonds. The average molecular weight is 299 g/mol. The number of hydrogen-bond acceptors (Lipinski definition) is 6. The number of nitrogen functional groups attached to an aromatic ring is 1. The maximum Gasteiger partial charge on any atom is 0.175 e. The molecule has 2 aromatic rings. The number of nitrogens with two attached hydrogens (primary N) is 1. The van der Waals surface area contributed by atoms with Crippen molar-refractivity contribution in [1.82, 2.24) is 9.97 Å². The first-order chi connectivity index (χ1) is 8.88. The minimum Gasteiger partial charge on any atom is -0.382 e. The lowest BCUT2D eigenvalue weighted by atomic mass is 10.3. The summed E-state index contributed by atoms with van der Waals surface area (Å²) in [5, 5.41) is 3.15. The van der Waals surface area contributed by atoms with Gasteiger partial charge in [-0.25, -0.2) is 18.4 Å². The zero-order valence-corrected chi connectivity index (χ0v) is 11.5. The molecule has 6 nitrogen and oxygen atoms in total. The Balaban J connectivity index is 2.27. The zero-order valence-electron chi connectivity index (χ0n) is 9.96. The third-order valence-corrected chi connectivity index (χ3v) is 3.86. The molecule has 0 aliphatic heterocycles. The Morgan fingerprint density at radius 1 is 1.21 bits per heavy atom. The van der Waals surface area contributed by atoms with E-state index in [1.807, 2.05) is 0 Å². The van der Waals surface area contributed by atoms with E-state index in [4.69, 9.17) is 17.3 Å². The maximum absolute atomic E-state index is 11.3. The van der Waals surface area contributed by atoms with E-state index in [0.29, 0.717) is 11.5 Å². The van der Waals surface area contributed by atoms with Gasteiger partial charge in [0.2, 0.25) is 0 Å². The second-order valence-corrected chi connectivity index (χ2v) is 6.24. The largest absolute Gasteiger partial charge is 0.382 e. The molecule has 2 rings (SSSR count). The average Bonchev–Trinajstić information content (AvgIpc) is 2.35. The summed E-state index contributed by atoms with van der Waals surface area (Å²) in [6, 6.07) is 6.22. The van der Waals surface area contributed by atoms with E-state index in [2.05, 4.69) is 15.3 Å². The molecule has 8 heteroatoms. The van der Waals surface area contributed by atoms with Gasteiger partial charge in [0.05, 0.1) is 4.90 Å². The molecule has 19 heavy (non-hydrogen) atoms. The van der Waals surface area contributed by atoms with Crippen molar-refractivity contribution in [3.63, 3.8) is 0 Å². The monoisotopic (exact) mass is 298 g/mol. The number of nitrogens with zero attached hydrogens (tertiary/aromatic N) is 2. The summed E-state index contributed by atoms with van der Waals surface area (Å²) in [6.45, 7) is 0. The first kappa shape index (κ1) is 13.6. The Bertz CT molecular complexity index is 701. The molecule has 0 unspecified atom stereocenters. The fraction of sp³-hybridized carbons (Fsp3) is 0.0909. The van der Waals surface area contributed by atoms with Crippen molar-refractivity contribution in [3.05, 3.63) is 35.6 Å². The van der Waals surface area contributed by atoms with Crippen LogP contribution in [0.4, 0.5) is 17.3 Å². The highest BCUT2D eigenvalue weighted by atomic mass is 35.5. The summed E-state index contributed by atoms with van der Waals surface area (Å²) in [7, 11) is -3.21. The van der Waals surface area contributed by atoms with E-state index in [0.717, 1.165) is 6.26 Å². The predicted octanol–water partition coefficient (Wildman–Crippen LogP) is 1.86. The second-order valence-electron chi connectivity index (χ2n) is 3.84. The molecule has 0 aliphatic carbocycles. The Labute approximate surface area is 115 Å². The lowest BCUT2D eigenvalue weighted by Gasteiger charge is -2.08. The van der Waals surface area contributed by atoms with E-state index >= 15 is 0 Å². The molecule has 1 aromatic heterocycles. The van der Waals surface area contributed by atoms with Crippen molar-refractivity contribution < 1.29 is 8.42 Å². The van der Waals surface area contributed by atoms with E-state index in [9.17, 15) is 8.42 Å². The number of aromatic nitrogens is 2. The smallest absolute Gasteiger partial charge is 0.175 e. The molecular formula is C11H11ClN4O2S. The number of sulfone groups is 1. The van der Waals surface area contributed by atoms with Gasteiger partial charge in [0, 0.05) is 11.9 Å². The van der Waals surface area contributed by atoms with Crippen LogP contribution in [-0.4, -0.2) is 24.6 Å². The van der Waals surface area contributed by atoms with Crippen LogP contribution in [0.5, 0.6) is 0 Å². The van der Waals surface area contributed by atoms with Gasteiger partial charge < -0.3 is 11.1 Å². The summed E-state index contributed by atoms with van der Waals surface area (Å²) in [6.07, 6.45) is 2.44.